The van der Waals surface area contributed by atoms with Crippen LogP contribution in [0, 0.1) is 0 Å². The highest BCUT2D eigenvalue weighted by Gasteiger charge is 2.52. The first kappa shape index (κ1) is 34.8. The number of carboxylic acids is 1. The number of carbonyl (C=O) groups is 2. The number of hydrogen-bond acceptors (Lipinski definition) is 7. The van der Waals surface area contributed by atoms with Crippen LogP contribution in [0.2, 0.25) is 0 Å². The molecule has 2 saturated heterocycles. The molecule has 2 aliphatic rings. The third-order valence-corrected chi connectivity index (χ3v) is 7.52. The first-order chi connectivity index (χ1) is 18.2. The fraction of sp³-hybridized carbons (Fsp3) is 0.462. The van der Waals surface area contributed by atoms with Crippen molar-refractivity contribution in [2.75, 3.05) is 0 Å². The summed E-state index contributed by atoms with van der Waals surface area (Å²) in [5, 5.41) is 8.50. The largest absolute Gasteiger partial charge is 0.494 e. The highest BCUT2D eigenvalue weighted by Crippen LogP contribution is 2.37. The summed E-state index contributed by atoms with van der Waals surface area (Å²) in [5.41, 5.74) is 0.602. The number of hydrogen-bond donors (Lipinski definition) is 1. The molecule has 0 atom stereocenters. The maximum atomic E-state index is 11.2. The van der Waals surface area contributed by atoms with E-state index in [2.05, 4.69) is 21.4 Å². The van der Waals surface area contributed by atoms with Crippen LogP contribution in [0.3, 0.4) is 0 Å². The zero-order valence-electron chi connectivity index (χ0n) is 23.6. The fourth-order valence-corrected chi connectivity index (χ4v) is 3.70. The van der Waals surface area contributed by atoms with Crippen LogP contribution >= 0.6 is 33.0 Å². The topological polar surface area (TPSA) is 108 Å². The van der Waals surface area contributed by atoms with Gasteiger partial charge >= 0.3 is 20.2 Å². The van der Waals surface area contributed by atoms with Crippen molar-refractivity contribution in [3.8, 4) is 0 Å². The molecule has 2 fully saturated rings. The SMILES string of the molecule is CC1(C)OB(c2cccc(C(=O)Cl)c2)OC1(C)C.CC1(C)OB(c2cccc(C(=O)O)c2)OC1(C)C.O=S(Cl)Cl. The molecule has 0 spiro atoms. The van der Waals surface area contributed by atoms with Crippen LogP contribution in [0.5, 0.6) is 0 Å². The molecular weight excluding hydrogens is 600 g/mol. The van der Waals surface area contributed by atoms with E-state index in [1.165, 1.54) is 0 Å². The van der Waals surface area contributed by atoms with Crippen molar-refractivity contribution in [1.82, 2.24) is 0 Å². The summed E-state index contributed by atoms with van der Waals surface area (Å²) in [6, 6.07) is 13.7. The van der Waals surface area contributed by atoms with E-state index in [1.807, 2.05) is 67.5 Å². The van der Waals surface area contributed by atoms with Crippen LogP contribution in [0.1, 0.15) is 76.1 Å². The van der Waals surface area contributed by atoms with Crippen molar-refractivity contribution in [2.45, 2.75) is 77.8 Å². The minimum absolute atomic E-state index is 0.238. The van der Waals surface area contributed by atoms with Gasteiger partial charge in [-0.3, -0.25) is 4.79 Å². The van der Waals surface area contributed by atoms with Crippen molar-refractivity contribution in [1.29, 1.82) is 0 Å². The molecule has 218 valence electrons. The molecule has 4 rings (SSSR count). The number of carboxylic acid groups (broad SMARTS) is 1. The normalized spacial score (nSPS) is 19.8. The van der Waals surface area contributed by atoms with E-state index in [0.717, 1.165) is 10.9 Å². The van der Waals surface area contributed by atoms with Crippen LogP contribution in [-0.2, 0) is 27.8 Å². The first-order valence-corrected chi connectivity index (χ1v) is 15.5. The van der Waals surface area contributed by atoms with Crippen molar-refractivity contribution < 1.29 is 37.5 Å². The van der Waals surface area contributed by atoms with Gasteiger partial charge in [-0.1, -0.05) is 36.4 Å². The molecule has 2 aliphatic heterocycles. The fourth-order valence-electron chi connectivity index (χ4n) is 3.58. The molecule has 0 aliphatic carbocycles. The highest BCUT2D eigenvalue weighted by atomic mass is 36.0. The van der Waals surface area contributed by atoms with E-state index in [4.69, 9.17) is 39.5 Å². The molecule has 2 heterocycles. The predicted octanol–water partition coefficient (Wildman–Crippen LogP) is 5.09. The Bertz CT molecular complexity index is 1130. The Morgan fingerprint density at radius 1 is 0.700 bits per heavy atom. The van der Waals surface area contributed by atoms with Gasteiger partial charge in [0.15, 0.2) is 0 Å². The monoisotopic (exact) mass is 632 g/mol. The molecule has 14 heteroatoms. The summed E-state index contributed by atoms with van der Waals surface area (Å²) in [6.07, 6.45) is 0. The molecule has 0 saturated carbocycles. The average molecular weight is 634 g/mol. The standard InChI is InChI=1S/C13H16BClO3.C13H17BO4.Cl2OS/c2*1-12(2)13(3,4)18-14(17-12)10-7-5-6-9(8-10)11(15)16;1-4(2)3/h5-8H,1-4H3;5-8H,1-4H3,(H,15,16);. The zero-order valence-corrected chi connectivity index (χ0v) is 26.7. The highest BCUT2D eigenvalue weighted by molar-refractivity contribution is 8.26. The number of benzene rings is 2. The number of halogens is 3. The first-order valence-electron chi connectivity index (χ1n) is 12.3. The lowest BCUT2D eigenvalue weighted by Crippen LogP contribution is -2.41. The Morgan fingerprint density at radius 2 is 1.00 bits per heavy atom. The summed E-state index contributed by atoms with van der Waals surface area (Å²) in [7, 11) is 6.37. The summed E-state index contributed by atoms with van der Waals surface area (Å²) in [4.78, 5) is 22.1. The van der Waals surface area contributed by atoms with Crippen LogP contribution in [-0.4, -0.2) is 57.2 Å². The molecule has 0 unspecified atom stereocenters. The predicted molar refractivity (Wildman–Crippen MR) is 161 cm³/mol. The second-order valence-electron chi connectivity index (χ2n) is 11.2. The van der Waals surface area contributed by atoms with Gasteiger partial charge in [-0.25, -0.2) is 9.00 Å². The number of aromatic carboxylic acids is 1. The minimum Gasteiger partial charge on any atom is -0.478 e. The lowest BCUT2D eigenvalue weighted by Gasteiger charge is -2.32. The summed E-state index contributed by atoms with van der Waals surface area (Å²) in [6.45, 7) is 15.8. The van der Waals surface area contributed by atoms with E-state index in [-0.39, 0.29) is 5.56 Å². The third kappa shape index (κ3) is 8.79. The second kappa shape index (κ2) is 13.3. The average Bonchev–Trinajstić information content (AvgIpc) is 3.19. The van der Waals surface area contributed by atoms with Gasteiger partial charge in [0.05, 0.1) is 28.0 Å². The van der Waals surface area contributed by atoms with E-state index in [0.29, 0.717) is 5.56 Å². The third-order valence-electron chi connectivity index (χ3n) is 7.30. The molecule has 2 aromatic carbocycles. The Kier molecular flexibility index (Phi) is 11.5. The molecule has 1 N–H and O–H groups in total. The van der Waals surface area contributed by atoms with Crippen molar-refractivity contribution in [3.05, 3.63) is 59.7 Å². The van der Waals surface area contributed by atoms with Crippen LogP contribution < -0.4 is 10.9 Å². The van der Waals surface area contributed by atoms with Crippen LogP contribution in [0.15, 0.2) is 48.5 Å². The van der Waals surface area contributed by atoms with Crippen molar-refractivity contribution >= 4 is 78.6 Å². The van der Waals surface area contributed by atoms with E-state index in [9.17, 15) is 9.59 Å². The Morgan fingerprint density at radius 3 is 1.30 bits per heavy atom. The molecule has 0 amide bonds. The zero-order chi connectivity index (χ0) is 30.7. The summed E-state index contributed by atoms with van der Waals surface area (Å²) in [5.74, 6) is -0.951. The molecule has 8 nitrogen and oxygen atoms in total. The second-order valence-corrected chi connectivity index (χ2v) is 14.1. The Hall–Kier alpha value is -1.43. The van der Waals surface area contributed by atoms with Gasteiger partial charge < -0.3 is 23.7 Å². The molecule has 0 bridgehead atoms. The molecular formula is C26H33B2Cl3O8S. The van der Waals surface area contributed by atoms with Crippen LogP contribution in [0.4, 0.5) is 0 Å². The minimum atomic E-state index is -1.67. The molecule has 40 heavy (non-hydrogen) atoms. The molecule has 0 aromatic heterocycles. The molecule has 0 radical (unpaired) electrons. The summed E-state index contributed by atoms with van der Waals surface area (Å²) >= 11 is 5.47. The van der Waals surface area contributed by atoms with E-state index in [1.54, 1.807) is 36.4 Å². The maximum absolute atomic E-state index is 11.2. The summed E-state index contributed by atoms with van der Waals surface area (Å²) < 4.78 is 32.6. The van der Waals surface area contributed by atoms with E-state index >= 15 is 0 Å². The Balaban J connectivity index is 0.000000247. The van der Waals surface area contributed by atoms with Gasteiger partial charge in [0.25, 0.3) is 5.24 Å². The van der Waals surface area contributed by atoms with Gasteiger partial charge in [-0.2, -0.15) is 0 Å². The van der Waals surface area contributed by atoms with Gasteiger partial charge in [-0.05, 0) is 90.0 Å². The quantitative estimate of drug-likeness (QED) is 0.367. The van der Waals surface area contributed by atoms with Gasteiger partial charge in [-0.15, -0.1) is 0 Å². The van der Waals surface area contributed by atoms with Crippen LogP contribution in [0.25, 0.3) is 0 Å². The van der Waals surface area contributed by atoms with Gasteiger partial charge in [0, 0.05) is 26.9 Å². The van der Waals surface area contributed by atoms with E-state index < -0.39 is 57.1 Å². The van der Waals surface area contributed by atoms with Gasteiger partial charge in [0.1, 0.15) is 0 Å². The molecule has 2 aromatic rings. The lowest BCUT2D eigenvalue weighted by atomic mass is 9.78. The number of rotatable bonds is 4. The number of carbonyl (C=O) groups excluding carboxylic acids is 1. The Labute approximate surface area is 252 Å². The smallest absolute Gasteiger partial charge is 0.478 e. The van der Waals surface area contributed by atoms with Gasteiger partial charge in [0.2, 0.25) is 9.23 Å². The van der Waals surface area contributed by atoms with Crippen molar-refractivity contribution in [2.24, 2.45) is 0 Å². The maximum Gasteiger partial charge on any atom is 0.494 e. The van der Waals surface area contributed by atoms with Crippen molar-refractivity contribution in [3.63, 3.8) is 0 Å². The lowest BCUT2D eigenvalue weighted by molar-refractivity contribution is 0.00578.